The molecule has 1 heterocycles. The molecule has 3 aromatic carbocycles. The van der Waals surface area contributed by atoms with Gasteiger partial charge in [-0.3, -0.25) is 19.7 Å². The number of anilines is 1. The van der Waals surface area contributed by atoms with Crippen LogP contribution in [0.15, 0.2) is 70.6 Å². The fourth-order valence-corrected chi connectivity index (χ4v) is 5.20. The number of carbonyl (C=O) groups excluding carboxylic acids is 1. The summed E-state index contributed by atoms with van der Waals surface area (Å²) in [7, 11) is 0. The zero-order valence-corrected chi connectivity index (χ0v) is 23.3. The van der Waals surface area contributed by atoms with Crippen LogP contribution >= 0.6 is 23.2 Å². The molecular weight excluding hydrogens is 569 g/mol. The van der Waals surface area contributed by atoms with Crippen LogP contribution in [0.25, 0.3) is 10.9 Å². The average Bonchev–Trinajstić information content (AvgIpc) is 2.97. The normalized spacial score (nSPS) is 13.9. The Morgan fingerprint density at radius 2 is 1.83 bits per heavy atom. The van der Waals surface area contributed by atoms with Gasteiger partial charge in [-0.1, -0.05) is 54.6 Å². The Balaban J connectivity index is 1.51. The number of ether oxygens (including phenoxy) is 1. The summed E-state index contributed by atoms with van der Waals surface area (Å²) < 4.78 is 6.90. The molecule has 0 aliphatic heterocycles. The number of fused-ring (bicyclic) bond motifs is 1. The Labute approximate surface area is 244 Å². The Hall–Kier alpha value is -4.28. The summed E-state index contributed by atoms with van der Waals surface area (Å²) in [5.74, 6) is -0.186. The van der Waals surface area contributed by atoms with Crippen LogP contribution in [-0.2, 0) is 4.79 Å². The average molecular weight is 594 g/mol. The van der Waals surface area contributed by atoms with Crippen molar-refractivity contribution in [2.24, 2.45) is 5.10 Å². The van der Waals surface area contributed by atoms with Crippen molar-refractivity contribution in [1.82, 2.24) is 9.66 Å². The molecule has 41 heavy (non-hydrogen) atoms. The van der Waals surface area contributed by atoms with E-state index in [9.17, 15) is 19.7 Å². The third kappa shape index (κ3) is 6.55. The zero-order valence-electron chi connectivity index (χ0n) is 21.8. The number of nitrogens with one attached hydrogen (secondary N) is 1. The number of para-hydroxylation sites is 1. The van der Waals surface area contributed by atoms with Crippen LogP contribution < -0.4 is 15.6 Å². The minimum Gasteiger partial charge on any atom is -0.476 e. The second kappa shape index (κ2) is 12.5. The fraction of sp³-hybridized carbons (Fsp3) is 0.241. The van der Waals surface area contributed by atoms with Gasteiger partial charge in [-0.15, -0.1) is 0 Å². The van der Waals surface area contributed by atoms with Crippen molar-refractivity contribution in [2.75, 3.05) is 11.9 Å². The van der Waals surface area contributed by atoms with Crippen molar-refractivity contribution in [3.63, 3.8) is 0 Å². The molecule has 5 rings (SSSR count). The van der Waals surface area contributed by atoms with E-state index in [0.717, 1.165) is 38.2 Å². The Kier molecular flexibility index (Phi) is 8.61. The molecule has 1 amide bonds. The second-order valence-electron chi connectivity index (χ2n) is 9.63. The van der Waals surface area contributed by atoms with Gasteiger partial charge in [0.1, 0.15) is 5.82 Å². The van der Waals surface area contributed by atoms with E-state index in [2.05, 4.69) is 10.4 Å². The second-order valence-corrected chi connectivity index (χ2v) is 10.5. The Morgan fingerprint density at radius 1 is 1.10 bits per heavy atom. The van der Waals surface area contributed by atoms with E-state index >= 15 is 0 Å². The summed E-state index contributed by atoms with van der Waals surface area (Å²) in [4.78, 5) is 42.1. The summed E-state index contributed by atoms with van der Waals surface area (Å²) in [5, 5.41) is 19.9. The summed E-state index contributed by atoms with van der Waals surface area (Å²) in [6.45, 7) is -0.531. The Morgan fingerprint density at radius 3 is 2.56 bits per heavy atom. The molecular formula is C29H25Cl2N5O5. The molecule has 12 heteroatoms. The lowest BCUT2D eigenvalue weighted by Crippen LogP contribution is -2.25. The summed E-state index contributed by atoms with van der Waals surface area (Å²) in [6.07, 6.45) is 6.19. The van der Waals surface area contributed by atoms with Crippen molar-refractivity contribution in [3.8, 4) is 5.75 Å². The molecule has 0 saturated heterocycles. The third-order valence-electron chi connectivity index (χ3n) is 6.80. The first kappa shape index (κ1) is 28.3. The van der Waals surface area contributed by atoms with E-state index in [1.54, 1.807) is 42.5 Å². The largest absolute Gasteiger partial charge is 0.476 e. The molecule has 1 N–H and O–H groups in total. The van der Waals surface area contributed by atoms with Crippen LogP contribution in [0.4, 0.5) is 11.4 Å². The molecule has 0 bridgehead atoms. The molecule has 0 atom stereocenters. The van der Waals surface area contributed by atoms with E-state index in [1.165, 1.54) is 17.0 Å². The number of halogens is 2. The number of rotatable bonds is 8. The van der Waals surface area contributed by atoms with Crippen molar-refractivity contribution in [2.45, 2.75) is 38.0 Å². The van der Waals surface area contributed by atoms with E-state index < -0.39 is 23.1 Å². The smallest absolute Gasteiger partial charge is 0.313 e. The first-order valence-electron chi connectivity index (χ1n) is 13.0. The monoisotopic (exact) mass is 593 g/mol. The maximum atomic E-state index is 13.5. The molecule has 0 spiro atoms. The summed E-state index contributed by atoms with van der Waals surface area (Å²) in [6, 6.07) is 16.0. The highest BCUT2D eigenvalue weighted by Crippen LogP contribution is 2.35. The molecule has 0 unspecified atom stereocenters. The third-order valence-corrected chi connectivity index (χ3v) is 7.27. The van der Waals surface area contributed by atoms with Gasteiger partial charge in [0, 0.05) is 33.3 Å². The zero-order chi connectivity index (χ0) is 28.9. The number of carbonyl (C=O) groups is 1. The van der Waals surface area contributed by atoms with Gasteiger partial charge >= 0.3 is 5.69 Å². The number of benzene rings is 3. The minimum absolute atomic E-state index is 0.0409. The summed E-state index contributed by atoms with van der Waals surface area (Å²) >= 11 is 12.1. The SMILES string of the molecule is O=C(COc1c(C=Nn2c(C3CCCCC3)nc3ccccc3c2=O)cc(Cl)cc1[N+](=O)[O-])Nc1ccc(Cl)cc1. The van der Waals surface area contributed by atoms with Gasteiger partial charge < -0.3 is 10.1 Å². The fourth-order valence-electron chi connectivity index (χ4n) is 4.85. The van der Waals surface area contributed by atoms with Crippen molar-refractivity contribution < 1.29 is 14.5 Å². The van der Waals surface area contributed by atoms with Crippen molar-refractivity contribution in [1.29, 1.82) is 0 Å². The first-order valence-corrected chi connectivity index (χ1v) is 13.8. The number of nitrogens with zero attached hydrogens (tertiary/aromatic N) is 4. The van der Waals surface area contributed by atoms with E-state index in [-0.39, 0.29) is 27.8 Å². The van der Waals surface area contributed by atoms with Crippen LogP contribution in [0, 0.1) is 10.1 Å². The molecule has 10 nitrogen and oxygen atoms in total. The van der Waals surface area contributed by atoms with Gasteiger partial charge in [-0.05, 0) is 55.3 Å². The number of hydrogen-bond donors (Lipinski definition) is 1. The molecule has 4 aromatic rings. The minimum atomic E-state index is -0.660. The maximum Gasteiger partial charge on any atom is 0.313 e. The number of aromatic nitrogens is 2. The van der Waals surface area contributed by atoms with Gasteiger partial charge in [0.15, 0.2) is 6.61 Å². The topological polar surface area (TPSA) is 129 Å². The quantitative estimate of drug-likeness (QED) is 0.140. The van der Waals surface area contributed by atoms with Gasteiger partial charge in [0.05, 0.1) is 22.0 Å². The molecule has 0 radical (unpaired) electrons. The lowest BCUT2D eigenvalue weighted by molar-refractivity contribution is -0.385. The van der Waals surface area contributed by atoms with Crippen LogP contribution in [0.5, 0.6) is 5.75 Å². The Bertz CT molecular complexity index is 1700. The highest BCUT2D eigenvalue weighted by Gasteiger charge is 2.24. The van der Waals surface area contributed by atoms with Gasteiger partial charge in [0.25, 0.3) is 11.5 Å². The van der Waals surface area contributed by atoms with Gasteiger partial charge in [0.2, 0.25) is 5.75 Å². The molecule has 1 aliphatic carbocycles. The summed E-state index contributed by atoms with van der Waals surface area (Å²) in [5.41, 5.74) is 0.383. The van der Waals surface area contributed by atoms with Crippen LogP contribution in [0.1, 0.15) is 49.4 Å². The number of hydrogen-bond acceptors (Lipinski definition) is 7. The van der Waals surface area contributed by atoms with Crippen LogP contribution in [0.3, 0.4) is 0 Å². The molecule has 210 valence electrons. The highest BCUT2D eigenvalue weighted by molar-refractivity contribution is 6.31. The van der Waals surface area contributed by atoms with Gasteiger partial charge in [-0.2, -0.15) is 9.78 Å². The highest BCUT2D eigenvalue weighted by atomic mass is 35.5. The van der Waals surface area contributed by atoms with Crippen molar-refractivity contribution >= 4 is 57.6 Å². The first-order chi connectivity index (χ1) is 19.8. The van der Waals surface area contributed by atoms with E-state index in [1.807, 2.05) is 6.07 Å². The molecule has 1 aromatic heterocycles. The standard InChI is InChI=1S/C29H25Cl2N5O5/c30-20-10-12-22(13-11-20)33-26(37)17-41-27-19(14-21(31)15-25(27)36(39)40)16-32-35-28(18-6-2-1-3-7-18)34-24-9-5-4-8-23(24)29(35)38/h4-5,8-16,18H,1-3,6-7,17H2,(H,33,37). The number of amides is 1. The maximum absolute atomic E-state index is 13.5. The molecule has 1 aliphatic rings. The lowest BCUT2D eigenvalue weighted by atomic mass is 9.88. The van der Waals surface area contributed by atoms with Crippen LogP contribution in [0.2, 0.25) is 10.0 Å². The van der Waals surface area contributed by atoms with E-state index in [4.69, 9.17) is 32.9 Å². The molecule has 1 fully saturated rings. The van der Waals surface area contributed by atoms with Gasteiger partial charge in [-0.25, -0.2) is 4.98 Å². The lowest BCUT2D eigenvalue weighted by Gasteiger charge is -2.22. The molecule has 1 saturated carbocycles. The predicted molar refractivity (Wildman–Crippen MR) is 159 cm³/mol. The van der Waals surface area contributed by atoms with E-state index in [0.29, 0.717) is 27.4 Å². The number of nitro benzene ring substituents is 1. The van der Waals surface area contributed by atoms with Crippen molar-refractivity contribution in [3.05, 3.63) is 103 Å². The predicted octanol–water partition coefficient (Wildman–Crippen LogP) is 6.56. The van der Waals surface area contributed by atoms with Crippen LogP contribution in [-0.4, -0.2) is 33.3 Å². The number of nitro groups is 1.